The third-order valence-corrected chi connectivity index (χ3v) is 3.42. The van der Waals surface area contributed by atoms with Gasteiger partial charge in [0.25, 0.3) is 5.56 Å². The highest BCUT2D eigenvalue weighted by atomic mass is 79.9. The summed E-state index contributed by atoms with van der Waals surface area (Å²) < 4.78 is 0.884. The zero-order valence-electron chi connectivity index (χ0n) is 10.6. The Bertz CT molecular complexity index is 832. The van der Waals surface area contributed by atoms with Gasteiger partial charge in [-0.3, -0.25) is 4.79 Å². The lowest BCUT2D eigenvalue weighted by atomic mass is 10.1. The summed E-state index contributed by atoms with van der Waals surface area (Å²) in [6.45, 7) is 0. The number of benzene rings is 1. The number of aromatic nitrogens is 4. The minimum atomic E-state index is -0.420. The number of hydrogen-bond acceptors (Lipinski definition) is 5. The van der Waals surface area contributed by atoms with Gasteiger partial charge in [0.05, 0.1) is 12.4 Å². The molecule has 6 nitrogen and oxygen atoms in total. The lowest BCUT2D eigenvalue weighted by Crippen LogP contribution is -2.12. The van der Waals surface area contributed by atoms with E-state index < -0.39 is 5.56 Å². The Balaban J connectivity index is 2.13. The summed E-state index contributed by atoms with van der Waals surface area (Å²) in [5.41, 5.74) is 0.869. The first-order valence-corrected chi connectivity index (χ1v) is 6.81. The number of hydrogen-bond donors (Lipinski definition) is 2. The van der Waals surface area contributed by atoms with Crippen LogP contribution in [0.4, 0.5) is 0 Å². The molecule has 0 unspecified atom stereocenters. The van der Waals surface area contributed by atoms with Gasteiger partial charge in [-0.15, -0.1) is 0 Å². The summed E-state index contributed by atoms with van der Waals surface area (Å²) >= 11 is 3.32. The third kappa shape index (κ3) is 2.68. The molecule has 1 aromatic carbocycles. The van der Waals surface area contributed by atoms with Crippen LogP contribution in [-0.2, 0) is 0 Å². The van der Waals surface area contributed by atoms with E-state index in [0.717, 1.165) is 4.47 Å². The topological polar surface area (TPSA) is 91.8 Å². The number of rotatable bonds is 2. The van der Waals surface area contributed by atoms with Gasteiger partial charge in [0.2, 0.25) is 5.88 Å². The van der Waals surface area contributed by atoms with E-state index in [9.17, 15) is 9.90 Å². The fraction of sp³-hybridized carbons (Fsp3) is 0. The van der Waals surface area contributed by atoms with E-state index in [1.165, 1.54) is 12.4 Å². The first-order valence-electron chi connectivity index (χ1n) is 6.01. The smallest absolute Gasteiger partial charge is 0.262 e. The average Bonchev–Trinajstić information content (AvgIpc) is 2.49. The van der Waals surface area contributed by atoms with Crippen molar-refractivity contribution < 1.29 is 5.11 Å². The number of nitrogens with one attached hydrogen (secondary N) is 1. The molecule has 0 aliphatic heterocycles. The number of nitrogens with zero attached hydrogens (tertiary/aromatic N) is 3. The van der Waals surface area contributed by atoms with Gasteiger partial charge in [-0.1, -0.05) is 28.1 Å². The SMILES string of the molecule is O=c1[nH]c(-c2ccnnc2)nc(O)c1-c1ccc(Br)cc1. The highest BCUT2D eigenvalue weighted by Gasteiger charge is 2.13. The Morgan fingerprint density at radius 3 is 2.43 bits per heavy atom. The number of halogens is 1. The van der Waals surface area contributed by atoms with Crippen molar-refractivity contribution in [3.05, 3.63) is 57.6 Å². The summed E-state index contributed by atoms with van der Waals surface area (Å²) in [5.74, 6) is -0.0823. The predicted octanol–water partition coefficient (Wildman–Crippen LogP) is 2.36. The molecule has 2 N–H and O–H groups in total. The molecule has 21 heavy (non-hydrogen) atoms. The Morgan fingerprint density at radius 2 is 1.81 bits per heavy atom. The lowest BCUT2D eigenvalue weighted by Gasteiger charge is -2.06. The first kappa shape index (κ1) is 13.4. The summed E-state index contributed by atoms with van der Waals surface area (Å²) in [5, 5.41) is 17.4. The second-order valence-electron chi connectivity index (χ2n) is 4.25. The average molecular weight is 345 g/mol. The second-order valence-corrected chi connectivity index (χ2v) is 5.17. The summed E-state index contributed by atoms with van der Waals surface area (Å²) in [4.78, 5) is 18.9. The van der Waals surface area contributed by atoms with E-state index in [-0.39, 0.29) is 17.3 Å². The van der Waals surface area contributed by atoms with Crippen LogP contribution in [0.15, 0.2) is 52.0 Å². The first-order chi connectivity index (χ1) is 10.1. The van der Waals surface area contributed by atoms with E-state index in [1.54, 1.807) is 30.3 Å². The zero-order valence-corrected chi connectivity index (χ0v) is 12.2. The molecule has 7 heteroatoms. The van der Waals surface area contributed by atoms with Crippen molar-refractivity contribution in [2.24, 2.45) is 0 Å². The summed E-state index contributed by atoms with van der Waals surface area (Å²) in [7, 11) is 0. The van der Waals surface area contributed by atoms with Crippen LogP contribution in [0.5, 0.6) is 5.88 Å². The van der Waals surface area contributed by atoms with Gasteiger partial charge in [-0.25, -0.2) is 0 Å². The molecule has 0 amide bonds. The third-order valence-electron chi connectivity index (χ3n) is 2.89. The molecule has 0 radical (unpaired) electrons. The maximum Gasteiger partial charge on any atom is 0.262 e. The van der Waals surface area contributed by atoms with Crippen molar-refractivity contribution in [2.45, 2.75) is 0 Å². The molecule has 2 heterocycles. The number of aromatic amines is 1. The van der Waals surface area contributed by atoms with Crippen molar-refractivity contribution in [3.63, 3.8) is 0 Å². The van der Waals surface area contributed by atoms with Crippen LogP contribution in [0.25, 0.3) is 22.5 Å². The van der Waals surface area contributed by atoms with Crippen molar-refractivity contribution in [1.82, 2.24) is 20.2 Å². The van der Waals surface area contributed by atoms with Crippen LogP contribution < -0.4 is 5.56 Å². The molecular formula is C14H9BrN4O2. The second kappa shape index (κ2) is 5.45. The molecule has 0 aliphatic rings. The van der Waals surface area contributed by atoms with Gasteiger partial charge in [0, 0.05) is 10.0 Å². The van der Waals surface area contributed by atoms with Crippen LogP contribution >= 0.6 is 15.9 Å². The standard InChI is InChI=1S/C14H9BrN4O2/c15-10-3-1-8(2-4-10)11-13(20)18-12(19-14(11)21)9-5-6-16-17-7-9/h1-7H,(H2,18,19,20,21). The van der Waals surface area contributed by atoms with Gasteiger partial charge < -0.3 is 10.1 Å². The van der Waals surface area contributed by atoms with E-state index in [0.29, 0.717) is 11.1 Å². The van der Waals surface area contributed by atoms with E-state index in [1.807, 2.05) is 0 Å². The molecule has 0 bridgehead atoms. The van der Waals surface area contributed by atoms with Gasteiger partial charge >= 0.3 is 0 Å². The molecule has 104 valence electrons. The van der Waals surface area contributed by atoms with E-state index >= 15 is 0 Å². The molecule has 0 saturated heterocycles. The molecule has 0 atom stereocenters. The normalized spacial score (nSPS) is 10.5. The van der Waals surface area contributed by atoms with Crippen molar-refractivity contribution in [1.29, 1.82) is 0 Å². The number of H-pyrrole nitrogens is 1. The van der Waals surface area contributed by atoms with Gasteiger partial charge in [0.1, 0.15) is 11.4 Å². The lowest BCUT2D eigenvalue weighted by molar-refractivity contribution is 0.454. The predicted molar refractivity (Wildman–Crippen MR) is 80.7 cm³/mol. The van der Waals surface area contributed by atoms with Crippen molar-refractivity contribution in [3.8, 4) is 28.4 Å². The van der Waals surface area contributed by atoms with Crippen LogP contribution in [-0.4, -0.2) is 25.3 Å². The minimum Gasteiger partial charge on any atom is -0.493 e. The molecule has 0 aliphatic carbocycles. The summed E-state index contributed by atoms with van der Waals surface area (Å²) in [6.07, 6.45) is 2.94. The molecule has 3 rings (SSSR count). The van der Waals surface area contributed by atoms with Crippen LogP contribution in [0.3, 0.4) is 0 Å². The van der Waals surface area contributed by atoms with Gasteiger partial charge in [-0.2, -0.15) is 15.2 Å². The molecular weight excluding hydrogens is 336 g/mol. The number of aromatic hydroxyl groups is 1. The summed E-state index contributed by atoms with van der Waals surface area (Å²) in [6, 6.07) is 8.67. The maximum atomic E-state index is 12.2. The van der Waals surface area contributed by atoms with Crippen LogP contribution in [0.1, 0.15) is 0 Å². The van der Waals surface area contributed by atoms with Gasteiger partial charge in [0.15, 0.2) is 0 Å². The van der Waals surface area contributed by atoms with E-state index in [4.69, 9.17) is 0 Å². The van der Waals surface area contributed by atoms with Crippen LogP contribution in [0, 0.1) is 0 Å². The Kier molecular flexibility index (Phi) is 3.49. The van der Waals surface area contributed by atoms with E-state index in [2.05, 4.69) is 36.1 Å². The minimum absolute atomic E-state index is 0.133. The largest absolute Gasteiger partial charge is 0.493 e. The van der Waals surface area contributed by atoms with Crippen molar-refractivity contribution in [2.75, 3.05) is 0 Å². The van der Waals surface area contributed by atoms with Crippen LogP contribution in [0.2, 0.25) is 0 Å². The highest BCUT2D eigenvalue weighted by molar-refractivity contribution is 9.10. The molecule has 0 saturated carbocycles. The molecule has 0 spiro atoms. The Hall–Kier alpha value is -2.54. The Morgan fingerprint density at radius 1 is 1.05 bits per heavy atom. The fourth-order valence-electron chi connectivity index (χ4n) is 1.91. The highest BCUT2D eigenvalue weighted by Crippen LogP contribution is 2.26. The zero-order chi connectivity index (χ0) is 14.8. The quantitative estimate of drug-likeness (QED) is 0.744. The van der Waals surface area contributed by atoms with Crippen molar-refractivity contribution >= 4 is 15.9 Å². The molecule has 0 fully saturated rings. The monoisotopic (exact) mass is 344 g/mol. The molecule has 3 aromatic rings. The maximum absolute atomic E-state index is 12.2. The van der Waals surface area contributed by atoms with Gasteiger partial charge in [-0.05, 0) is 23.8 Å². The fourth-order valence-corrected chi connectivity index (χ4v) is 2.17. The Labute approximate surface area is 127 Å². The molecule has 2 aromatic heterocycles.